The van der Waals surface area contributed by atoms with Crippen LogP contribution in [0.4, 0.5) is 0 Å². The van der Waals surface area contributed by atoms with E-state index >= 15 is 0 Å². The molecule has 0 spiro atoms. The number of hydrogen-bond donors (Lipinski definition) is 0. The van der Waals surface area contributed by atoms with Crippen LogP contribution in [0.25, 0.3) is 21.8 Å². The highest BCUT2D eigenvalue weighted by Crippen LogP contribution is 2.25. The molecule has 0 fully saturated rings. The topological polar surface area (TPSA) is 25.8 Å². The van der Waals surface area contributed by atoms with E-state index in [1.165, 1.54) is 0 Å². The first kappa shape index (κ1) is 10.3. The summed E-state index contributed by atoms with van der Waals surface area (Å²) >= 11 is 0. The van der Waals surface area contributed by atoms with Crippen LogP contribution in [0.15, 0.2) is 36.7 Å². The molecule has 82 valence electrons. The van der Waals surface area contributed by atoms with E-state index in [0.717, 1.165) is 32.9 Å². The van der Waals surface area contributed by atoms with Gasteiger partial charge < -0.3 is 0 Å². The summed E-state index contributed by atoms with van der Waals surface area (Å²) in [7, 11) is 0. The maximum Gasteiger partial charge on any atom is 0.0977 e. The van der Waals surface area contributed by atoms with Gasteiger partial charge in [-0.15, -0.1) is 12.8 Å². The van der Waals surface area contributed by atoms with E-state index in [9.17, 15) is 0 Å². The van der Waals surface area contributed by atoms with Crippen molar-refractivity contribution < 1.29 is 0 Å². The van der Waals surface area contributed by atoms with Gasteiger partial charge >= 0.3 is 0 Å². The Balaban J connectivity index is 2.57. The standard InChI is InChI=1S/C16H8N2/c1-3-11-7-9-17-15-13(11)5-6-14-12(4-2)8-10-18-16(14)15/h1-2,5-10H. The van der Waals surface area contributed by atoms with E-state index in [1.54, 1.807) is 12.4 Å². The highest BCUT2D eigenvalue weighted by atomic mass is 14.7. The van der Waals surface area contributed by atoms with Crippen LogP contribution in [0.3, 0.4) is 0 Å². The summed E-state index contributed by atoms with van der Waals surface area (Å²) in [5.74, 6) is 5.31. The smallest absolute Gasteiger partial charge is 0.0977 e. The Bertz CT molecular complexity index is 776. The number of benzene rings is 1. The molecular weight excluding hydrogens is 220 g/mol. The SMILES string of the molecule is C#Cc1ccnc2c1ccc1c(C#C)ccnc12. The van der Waals surface area contributed by atoms with Gasteiger partial charge in [-0.25, -0.2) is 0 Å². The molecule has 0 aliphatic carbocycles. The zero-order valence-electron chi connectivity index (χ0n) is 9.51. The van der Waals surface area contributed by atoms with E-state index < -0.39 is 0 Å². The Labute approximate surface area is 105 Å². The molecule has 0 bridgehead atoms. The normalized spacial score (nSPS) is 10.1. The van der Waals surface area contributed by atoms with Crippen LogP contribution in [0, 0.1) is 24.7 Å². The molecule has 18 heavy (non-hydrogen) atoms. The fourth-order valence-electron chi connectivity index (χ4n) is 2.08. The van der Waals surface area contributed by atoms with Crippen LogP contribution in [-0.4, -0.2) is 9.97 Å². The summed E-state index contributed by atoms with van der Waals surface area (Å²) in [6.07, 6.45) is 14.4. The van der Waals surface area contributed by atoms with Gasteiger partial charge in [-0.2, -0.15) is 0 Å². The van der Waals surface area contributed by atoms with Crippen molar-refractivity contribution in [2.75, 3.05) is 0 Å². The molecule has 0 saturated heterocycles. The van der Waals surface area contributed by atoms with Crippen LogP contribution in [0.5, 0.6) is 0 Å². The van der Waals surface area contributed by atoms with Crippen LogP contribution in [0.2, 0.25) is 0 Å². The second kappa shape index (κ2) is 3.87. The Morgan fingerprint density at radius 2 is 1.17 bits per heavy atom. The number of aromatic nitrogens is 2. The Morgan fingerprint density at radius 1 is 0.722 bits per heavy atom. The number of terminal acetylenes is 2. The highest BCUT2D eigenvalue weighted by Gasteiger charge is 2.07. The van der Waals surface area contributed by atoms with Crippen molar-refractivity contribution in [3.8, 4) is 24.7 Å². The number of pyridine rings is 2. The molecule has 0 radical (unpaired) electrons. The predicted octanol–water partition coefficient (Wildman–Crippen LogP) is 2.75. The second-order valence-electron chi connectivity index (χ2n) is 3.86. The first-order valence-corrected chi connectivity index (χ1v) is 5.45. The van der Waals surface area contributed by atoms with Crippen molar-refractivity contribution in [3.05, 3.63) is 47.8 Å². The van der Waals surface area contributed by atoms with Crippen molar-refractivity contribution in [2.24, 2.45) is 0 Å². The van der Waals surface area contributed by atoms with Crippen molar-refractivity contribution in [1.29, 1.82) is 0 Å². The fourth-order valence-corrected chi connectivity index (χ4v) is 2.08. The van der Waals surface area contributed by atoms with E-state index in [-0.39, 0.29) is 0 Å². The maximum atomic E-state index is 5.49. The molecule has 0 unspecified atom stereocenters. The predicted molar refractivity (Wildman–Crippen MR) is 72.9 cm³/mol. The highest BCUT2D eigenvalue weighted by molar-refractivity contribution is 6.06. The third-order valence-corrected chi connectivity index (χ3v) is 2.93. The van der Waals surface area contributed by atoms with Crippen molar-refractivity contribution in [2.45, 2.75) is 0 Å². The minimum Gasteiger partial charge on any atom is -0.254 e. The lowest BCUT2D eigenvalue weighted by atomic mass is 10.0. The molecule has 0 saturated carbocycles. The molecule has 3 aromatic rings. The van der Waals surface area contributed by atoms with Gasteiger partial charge in [-0.05, 0) is 12.1 Å². The maximum absolute atomic E-state index is 5.49. The van der Waals surface area contributed by atoms with E-state index in [2.05, 4.69) is 21.8 Å². The molecule has 2 aromatic heterocycles. The lowest BCUT2D eigenvalue weighted by molar-refractivity contribution is 1.36. The molecule has 1 aromatic carbocycles. The van der Waals surface area contributed by atoms with E-state index in [1.807, 2.05) is 24.3 Å². The molecule has 2 heterocycles. The molecule has 0 atom stereocenters. The average molecular weight is 228 g/mol. The zero-order valence-corrected chi connectivity index (χ0v) is 9.51. The first-order chi connectivity index (χ1) is 8.85. The molecule has 2 heteroatoms. The van der Waals surface area contributed by atoms with Gasteiger partial charge in [0.15, 0.2) is 0 Å². The van der Waals surface area contributed by atoms with Crippen molar-refractivity contribution >= 4 is 21.8 Å². The van der Waals surface area contributed by atoms with Gasteiger partial charge in [0.1, 0.15) is 0 Å². The largest absolute Gasteiger partial charge is 0.254 e. The minimum atomic E-state index is 0.792. The Hall–Kier alpha value is -2.84. The number of nitrogens with zero attached hydrogens (tertiary/aromatic N) is 2. The Morgan fingerprint density at radius 3 is 1.56 bits per heavy atom. The number of fused-ring (bicyclic) bond motifs is 3. The summed E-state index contributed by atoms with van der Waals surface area (Å²) in [5.41, 5.74) is 3.21. The van der Waals surface area contributed by atoms with Gasteiger partial charge in [-0.1, -0.05) is 24.0 Å². The van der Waals surface area contributed by atoms with Gasteiger partial charge in [0.2, 0.25) is 0 Å². The van der Waals surface area contributed by atoms with E-state index in [0.29, 0.717) is 0 Å². The number of rotatable bonds is 0. The van der Waals surface area contributed by atoms with Gasteiger partial charge in [0.05, 0.1) is 11.0 Å². The fraction of sp³-hybridized carbons (Fsp3) is 0. The van der Waals surface area contributed by atoms with Gasteiger partial charge in [0.25, 0.3) is 0 Å². The summed E-state index contributed by atoms with van der Waals surface area (Å²) in [4.78, 5) is 8.73. The molecule has 2 nitrogen and oxygen atoms in total. The summed E-state index contributed by atoms with van der Waals surface area (Å²) in [6, 6.07) is 7.53. The van der Waals surface area contributed by atoms with Crippen LogP contribution < -0.4 is 0 Å². The lowest BCUT2D eigenvalue weighted by Gasteiger charge is -2.05. The lowest BCUT2D eigenvalue weighted by Crippen LogP contribution is -1.89. The van der Waals surface area contributed by atoms with Crippen LogP contribution >= 0.6 is 0 Å². The quantitative estimate of drug-likeness (QED) is 0.437. The molecule has 3 rings (SSSR count). The van der Waals surface area contributed by atoms with Crippen LogP contribution in [0.1, 0.15) is 11.1 Å². The molecule has 0 N–H and O–H groups in total. The second-order valence-corrected chi connectivity index (χ2v) is 3.86. The third-order valence-electron chi connectivity index (χ3n) is 2.93. The van der Waals surface area contributed by atoms with Crippen LogP contribution in [-0.2, 0) is 0 Å². The van der Waals surface area contributed by atoms with Gasteiger partial charge in [0, 0.05) is 34.3 Å². The van der Waals surface area contributed by atoms with Crippen molar-refractivity contribution in [1.82, 2.24) is 9.97 Å². The van der Waals surface area contributed by atoms with Gasteiger partial charge in [-0.3, -0.25) is 9.97 Å². The first-order valence-electron chi connectivity index (χ1n) is 5.45. The number of hydrogen-bond acceptors (Lipinski definition) is 2. The molecule has 0 amide bonds. The molecule has 0 aliphatic rings. The average Bonchev–Trinajstić information content (AvgIpc) is 2.45. The summed E-state index contributed by atoms with van der Waals surface area (Å²) < 4.78 is 0. The summed E-state index contributed by atoms with van der Waals surface area (Å²) in [6.45, 7) is 0. The van der Waals surface area contributed by atoms with Crippen molar-refractivity contribution in [3.63, 3.8) is 0 Å². The summed E-state index contributed by atoms with van der Waals surface area (Å²) in [5, 5.41) is 1.85. The zero-order chi connectivity index (χ0) is 12.5. The minimum absolute atomic E-state index is 0.792. The Kier molecular flexibility index (Phi) is 2.22. The molecular formula is C16H8N2. The third kappa shape index (κ3) is 1.34. The van der Waals surface area contributed by atoms with E-state index in [4.69, 9.17) is 12.8 Å². The molecule has 0 aliphatic heterocycles. The monoisotopic (exact) mass is 228 g/mol.